The summed E-state index contributed by atoms with van der Waals surface area (Å²) in [5, 5.41) is 9.68. The molecule has 2 rings (SSSR count). The van der Waals surface area contributed by atoms with Crippen LogP contribution in [0.2, 0.25) is 0 Å². The minimum absolute atomic E-state index is 0.163. The molecule has 0 saturated heterocycles. The summed E-state index contributed by atoms with van der Waals surface area (Å²) in [7, 11) is 0. The standard InChI is InChI=1S/C14H22O3/c1-14(2,3)13(16)17-12-7-9-4-10(8-12)6-11(15)5-9/h7,9-11,15H,4-6,8H2,1-3H3/t9-,10+,11?/m1/s1. The molecule has 0 radical (unpaired) electrons. The second-order valence-corrected chi connectivity index (χ2v) is 6.46. The van der Waals surface area contributed by atoms with E-state index in [2.05, 4.69) is 0 Å². The van der Waals surface area contributed by atoms with Gasteiger partial charge < -0.3 is 9.84 Å². The minimum Gasteiger partial charge on any atom is -0.431 e. The average molecular weight is 238 g/mol. The van der Waals surface area contributed by atoms with Crippen molar-refractivity contribution in [2.75, 3.05) is 0 Å². The lowest BCUT2D eigenvalue weighted by atomic mass is 9.74. The Morgan fingerprint density at radius 1 is 1.35 bits per heavy atom. The van der Waals surface area contributed by atoms with Gasteiger partial charge in [0.15, 0.2) is 0 Å². The topological polar surface area (TPSA) is 46.5 Å². The van der Waals surface area contributed by atoms with Crippen LogP contribution >= 0.6 is 0 Å². The molecular weight excluding hydrogens is 216 g/mol. The number of carbonyl (C=O) groups is 1. The van der Waals surface area contributed by atoms with E-state index in [-0.39, 0.29) is 12.1 Å². The van der Waals surface area contributed by atoms with Crippen LogP contribution in [-0.4, -0.2) is 17.2 Å². The van der Waals surface area contributed by atoms with Crippen molar-refractivity contribution in [1.82, 2.24) is 0 Å². The molecule has 1 fully saturated rings. The Labute approximate surface area is 103 Å². The van der Waals surface area contributed by atoms with E-state index >= 15 is 0 Å². The van der Waals surface area contributed by atoms with Gasteiger partial charge in [-0.2, -0.15) is 0 Å². The normalized spacial score (nSPS) is 32.9. The van der Waals surface area contributed by atoms with Crippen molar-refractivity contribution in [2.24, 2.45) is 17.3 Å². The molecule has 3 nitrogen and oxygen atoms in total. The van der Waals surface area contributed by atoms with Crippen LogP contribution in [0.1, 0.15) is 46.5 Å². The Balaban J connectivity index is 2.02. The third-order valence-electron chi connectivity index (χ3n) is 3.56. The lowest BCUT2D eigenvalue weighted by Gasteiger charge is -2.35. The largest absolute Gasteiger partial charge is 0.431 e. The van der Waals surface area contributed by atoms with Gasteiger partial charge in [0, 0.05) is 6.42 Å². The van der Waals surface area contributed by atoms with Gasteiger partial charge in [-0.3, -0.25) is 4.79 Å². The summed E-state index contributed by atoms with van der Waals surface area (Å²) in [5.74, 6) is 1.53. The number of aliphatic hydroxyl groups excluding tert-OH is 1. The lowest BCUT2D eigenvalue weighted by molar-refractivity contribution is -0.149. The Morgan fingerprint density at radius 2 is 2.06 bits per heavy atom. The number of hydrogen-bond acceptors (Lipinski definition) is 3. The summed E-state index contributed by atoms with van der Waals surface area (Å²) in [6.45, 7) is 5.59. The zero-order valence-corrected chi connectivity index (χ0v) is 10.9. The third kappa shape index (κ3) is 3.09. The Bertz CT molecular complexity index is 338. The summed E-state index contributed by atoms with van der Waals surface area (Å²) in [4.78, 5) is 11.8. The molecule has 3 heteroatoms. The van der Waals surface area contributed by atoms with Crippen LogP contribution in [-0.2, 0) is 9.53 Å². The number of aliphatic hydroxyl groups is 1. The number of rotatable bonds is 1. The first-order valence-electron chi connectivity index (χ1n) is 6.45. The maximum Gasteiger partial charge on any atom is 0.316 e. The molecule has 1 saturated carbocycles. The van der Waals surface area contributed by atoms with Crippen molar-refractivity contribution in [3.8, 4) is 0 Å². The Hall–Kier alpha value is -0.830. The van der Waals surface area contributed by atoms with Crippen molar-refractivity contribution in [3.63, 3.8) is 0 Å². The number of allylic oxidation sites excluding steroid dienone is 2. The smallest absolute Gasteiger partial charge is 0.316 e. The second-order valence-electron chi connectivity index (χ2n) is 6.46. The van der Waals surface area contributed by atoms with E-state index in [1.165, 1.54) is 0 Å². The first kappa shape index (κ1) is 12.6. The molecule has 17 heavy (non-hydrogen) atoms. The van der Waals surface area contributed by atoms with Crippen LogP contribution in [0.25, 0.3) is 0 Å². The fourth-order valence-electron chi connectivity index (χ4n) is 2.72. The number of hydrogen-bond donors (Lipinski definition) is 1. The summed E-state index contributed by atoms with van der Waals surface area (Å²) in [5.41, 5.74) is -0.451. The van der Waals surface area contributed by atoms with Crippen LogP contribution in [0.3, 0.4) is 0 Å². The Morgan fingerprint density at radius 3 is 2.65 bits per heavy atom. The highest BCUT2D eigenvalue weighted by molar-refractivity contribution is 5.76. The summed E-state index contributed by atoms with van der Waals surface area (Å²) < 4.78 is 5.47. The van der Waals surface area contributed by atoms with Crippen molar-refractivity contribution in [3.05, 3.63) is 11.8 Å². The highest BCUT2D eigenvalue weighted by atomic mass is 16.5. The first-order valence-corrected chi connectivity index (χ1v) is 6.45. The molecule has 3 atom stereocenters. The van der Waals surface area contributed by atoms with Crippen molar-refractivity contribution in [1.29, 1.82) is 0 Å². The molecule has 1 N–H and O–H groups in total. The molecule has 2 bridgehead atoms. The summed E-state index contributed by atoms with van der Waals surface area (Å²) in [6.07, 6.45) is 5.47. The van der Waals surface area contributed by atoms with Crippen LogP contribution in [0.5, 0.6) is 0 Å². The van der Waals surface area contributed by atoms with E-state index in [1.54, 1.807) is 0 Å². The van der Waals surface area contributed by atoms with Gasteiger partial charge in [-0.15, -0.1) is 0 Å². The molecule has 0 aromatic carbocycles. The minimum atomic E-state index is -0.451. The number of ether oxygens (including phenoxy) is 1. The molecule has 0 amide bonds. The molecule has 0 aromatic rings. The third-order valence-corrected chi connectivity index (χ3v) is 3.56. The van der Waals surface area contributed by atoms with E-state index in [9.17, 15) is 9.90 Å². The van der Waals surface area contributed by atoms with Crippen LogP contribution in [0.15, 0.2) is 11.8 Å². The predicted octanol–water partition coefficient (Wildman–Crippen LogP) is 2.64. The first-order chi connectivity index (χ1) is 7.84. The monoisotopic (exact) mass is 238 g/mol. The molecule has 0 spiro atoms. The van der Waals surface area contributed by atoms with Gasteiger partial charge in [0.25, 0.3) is 0 Å². The van der Waals surface area contributed by atoms with Gasteiger partial charge in [0.1, 0.15) is 5.76 Å². The van der Waals surface area contributed by atoms with Gasteiger partial charge in [-0.05, 0) is 57.9 Å². The molecule has 2 aliphatic carbocycles. The van der Waals surface area contributed by atoms with E-state index in [4.69, 9.17) is 4.74 Å². The second kappa shape index (κ2) is 4.45. The molecule has 0 aromatic heterocycles. The van der Waals surface area contributed by atoms with Gasteiger partial charge >= 0.3 is 5.97 Å². The quantitative estimate of drug-likeness (QED) is 0.714. The molecule has 0 aliphatic heterocycles. The van der Waals surface area contributed by atoms with Gasteiger partial charge in [-0.25, -0.2) is 0 Å². The predicted molar refractivity (Wildman–Crippen MR) is 65.1 cm³/mol. The number of fused-ring (bicyclic) bond motifs is 2. The van der Waals surface area contributed by atoms with Gasteiger partial charge in [0.2, 0.25) is 0 Å². The highest BCUT2D eigenvalue weighted by Gasteiger charge is 2.33. The Kier molecular flexibility index (Phi) is 3.30. The molecule has 2 aliphatic rings. The van der Waals surface area contributed by atoms with E-state index in [0.717, 1.165) is 31.4 Å². The molecule has 96 valence electrons. The highest BCUT2D eigenvalue weighted by Crippen LogP contribution is 2.39. The van der Waals surface area contributed by atoms with Gasteiger partial charge in [-0.1, -0.05) is 0 Å². The number of esters is 1. The van der Waals surface area contributed by atoms with Crippen molar-refractivity contribution >= 4 is 5.97 Å². The molecule has 1 unspecified atom stereocenters. The van der Waals surface area contributed by atoms with E-state index in [1.807, 2.05) is 26.8 Å². The van der Waals surface area contributed by atoms with Crippen LogP contribution in [0.4, 0.5) is 0 Å². The maximum absolute atomic E-state index is 11.8. The molecule has 0 heterocycles. The molecular formula is C14H22O3. The zero-order chi connectivity index (χ0) is 12.6. The van der Waals surface area contributed by atoms with E-state index < -0.39 is 5.41 Å². The van der Waals surface area contributed by atoms with E-state index in [0.29, 0.717) is 11.8 Å². The fourth-order valence-corrected chi connectivity index (χ4v) is 2.72. The summed E-state index contributed by atoms with van der Waals surface area (Å²) >= 11 is 0. The van der Waals surface area contributed by atoms with Crippen LogP contribution < -0.4 is 0 Å². The lowest BCUT2D eigenvalue weighted by Crippen LogP contribution is -2.31. The zero-order valence-electron chi connectivity index (χ0n) is 10.9. The number of carbonyl (C=O) groups excluding carboxylic acids is 1. The van der Waals surface area contributed by atoms with Crippen LogP contribution in [0, 0.1) is 17.3 Å². The maximum atomic E-state index is 11.8. The summed E-state index contributed by atoms with van der Waals surface area (Å²) in [6, 6.07) is 0. The SMILES string of the molecule is CC(C)(C)C(=O)OC1=C[C@H]2CC(O)C[C@@H](C1)C2. The average Bonchev–Trinajstić information content (AvgIpc) is 2.13. The van der Waals surface area contributed by atoms with Gasteiger partial charge in [0.05, 0.1) is 11.5 Å². The van der Waals surface area contributed by atoms with Crippen molar-refractivity contribution < 1.29 is 14.6 Å². The fraction of sp³-hybridized carbons (Fsp3) is 0.786. The van der Waals surface area contributed by atoms with Crippen molar-refractivity contribution in [2.45, 2.75) is 52.6 Å².